The van der Waals surface area contributed by atoms with Crippen molar-refractivity contribution in [2.24, 2.45) is 0 Å². The number of fused-ring (bicyclic) bond motifs is 9. The van der Waals surface area contributed by atoms with E-state index in [9.17, 15) is 0 Å². The van der Waals surface area contributed by atoms with Gasteiger partial charge in [0.2, 0.25) is 0 Å². The standard InChI is InChI=1S/C54H82.C10H8S3/c1-7-11-15-19-23-27-35-53(36-28-24-20-16-12-8-2)49-39-43(5)31-33-45(49)47-42-52-48(41-51(47)53)46-34-32-44(6)40-50(46)54(52,37-29-25-21-17-13-9-3)38-30-26-22-18-14-10-4;1-5-3-7-9(11-5)10-8(13-7)4-6(2)12-10/h31-34,39-42H,7-30,35-38H2,1-6H3;3-4H,1-2H3. The summed E-state index contributed by atoms with van der Waals surface area (Å²) in [5.41, 5.74) is 16.2. The predicted molar refractivity (Wildman–Crippen MR) is 305 cm³/mol. The highest BCUT2D eigenvalue weighted by molar-refractivity contribution is 7.38. The second-order valence-corrected chi connectivity index (χ2v) is 25.1. The molecule has 3 heterocycles. The van der Waals surface area contributed by atoms with Crippen LogP contribution in [0.3, 0.4) is 0 Å². The molecule has 0 saturated carbocycles. The Morgan fingerprint density at radius 1 is 0.313 bits per heavy atom. The molecule has 2 aliphatic rings. The second-order valence-electron chi connectivity index (χ2n) is 21.5. The van der Waals surface area contributed by atoms with Gasteiger partial charge in [0, 0.05) is 30.0 Å². The van der Waals surface area contributed by atoms with Gasteiger partial charge in [-0.2, -0.15) is 0 Å². The minimum absolute atomic E-state index is 0.135. The maximum Gasteiger partial charge on any atom is 0.0632 e. The fourth-order valence-corrected chi connectivity index (χ4v) is 16.3. The molecule has 0 nitrogen and oxygen atoms in total. The summed E-state index contributed by atoms with van der Waals surface area (Å²) in [6.45, 7) is 18.4. The van der Waals surface area contributed by atoms with Gasteiger partial charge in [0.15, 0.2) is 0 Å². The Labute approximate surface area is 422 Å². The Morgan fingerprint density at radius 2 is 0.612 bits per heavy atom. The van der Waals surface area contributed by atoms with E-state index in [1.165, 1.54) is 219 Å². The van der Waals surface area contributed by atoms with E-state index in [0.29, 0.717) is 0 Å². The summed E-state index contributed by atoms with van der Waals surface area (Å²) in [7, 11) is 0. The highest BCUT2D eigenvalue weighted by atomic mass is 32.1. The lowest BCUT2D eigenvalue weighted by molar-refractivity contribution is 0.394. The van der Waals surface area contributed by atoms with E-state index in [1.54, 1.807) is 44.5 Å². The molecule has 3 heteroatoms. The number of aryl methyl sites for hydroxylation is 4. The SMILES string of the molecule is CCCCCCCCC1(CCCCCCCC)c2cc(C)ccc2-c2cc3c(cc21)-c1ccc(C)cc1C3(CCCCCCCC)CCCCCCCC.Cc1cc2sc3cc(C)sc3c2s1. The van der Waals surface area contributed by atoms with Crippen molar-refractivity contribution in [2.75, 3.05) is 0 Å². The third kappa shape index (κ3) is 12.2. The van der Waals surface area contributed by atoms with Crippen LogP contribution in [0.15, 0.2) is 60.7 Å². The van der Waals surface area contributed by atoms with Crippen LogP contribution in [0.5, 0.6) is 0 Å². The van der Waals surface area contributed by atoms with Crippen LogP contribution in [0, 0.1) is 27.7 Å². The molecule has 0 unspecified atom stereocenters. The van der Waals surface area contributed by atoms with Crippen LogP contribution in [0.1, 0.15) is 251 Å². The molecule has 3 aromatic carbocycles. The van der Waals surface area contributed by atoms with Crippen molar-refractivity contribution in [1.29, 1.82) is 0 Å². The van der Waals surface area contributed by atoms with Crippen molar-refractivity contribution in [3.63, 3.8) is 0 Å². The Morgan fingerprint density at radius 3 is 0.940 bits per heavy atom. The average molecular weight is 956 g/mol. The van der Waals surface area contributed by atoms with Gasteiger partial charge in [-0.15, -0.1) is 34.0 Å². The monoisotopic (exact) mass is 955 g/mol. The first kappa shape index (κ1) is 52.1. The van der Waals surface area contributed by atoms with Crippen molar-refractivity contribution in [3.05, 3.63) is 104 Å². The van der Waals surface area contributed by atoms with E-state index in [4.69, 9.17) is 0 Å². The van der Waals surface area contributed by atoms with Gasteiger partial charge in [-0.1, -0.05) is 229 Å². The topological polar surface area (TPSA) is 0 Å². The van der Waals surface area contributed by atoms with Gasteiger partial charge in [-0.05, 0) is 122 Å². The summed E-state index contributed by atoms with van der Waals surface area (Å²) < 4.78 is 5.92. The Bertz CT molecular complexity index is 2250. The lowest BCUT2D eigenvalue weighted by Crippen LogP contribution is -2.27. The molecule has 0 spiro atoms. The van der Waals surface area contributed by atoms with Crippen molar-refractivity contribution in [2.45, 2.75) is 246 Å². The summed E-state index contributed by atoms with van der Waals surface area (Å²) in [5.74, 6) is 0. The molecule has 0 atom stereocenters. The maximum absolute atomic E-state index is 2.81. The summed E-state index contributed by atoms with van der Waals surface area (Å²) >= 11 is 5.77. The molecule has 0 radical (unpaired) electrons. The highest BCUT2D eigenvalue weighted by Gasteiger charge is 2.47. The average Bonchev–Trinajstić information content (AvgIpc) is 4.08. The Balaban J connectivity index is 0.000000432. The Hall–Kier alpha value is -2.72. The number of hydrogen-bond donors (Lipinski definition) is 0. The quantitative estimate of drug-likeness (QED) is 0.0430. The zero-order chi connectivity index (χ0) is 47.2. The number of unbranched alkanes of at least 4 members (excludes halogenated alkanes) is 20. The largest absolute Gasteiger partial charge is 0.138 e. The third-order valence-electron chi connectivity index (χ3n) is 16.0. The normalized spacial score (nSPS) is 14.1. The van der Waals surface area contributed by atoms with Crippen molar-refractivity contribution < 1.29 is 0 Å². The van der Waals surface area contributed by atoms with Gasteiger partial charge in [0.05, 0.1) is 9.40 Å². The van der Waals surface area contributed by atoms with Crippen LogP contribution >= 0.6 is 34.0 Å². The lowest BCUT2D eigenvalue weighted by Gasteiger charge is -2.35. The second kappa shape index (κ2) is 25.4. The van der Waals surface area contributed by atoms with Gasteiger partial charge in [0.25, 0.3) is 0 Å². The smallest absolute Gasteiger partial charge is 0.0632 e. The minimum Gasteiger partial charge on any atom is -0.138 e. The molecule has 8 rings (SSSR count). The summed E-state index contributed by atoms with van der Waals surface area (Å²) in [6.07, 6.45) is 38.1. The molecular formula is C64H90S3. The van der Waals surface area contributed by atoms with E-state index >= 15 is 0 Å². The third-order valence-corrected chi connectivity index (χ3v) is 19.7. The molecule has 0 bridgehead atoms. The van der Waals surface area contributed by atoms with E-state index in [0.717, 1.165) is 0 Å². The summed E-state index contributed by atoms with van der Waals surface area (Å²) in [6, 6.07) is 25.4. The zero-order valence-corrected chi connectivity index (χ0v) is 46.2. The van der Waals surface area contributed by atoms with Crippen molar-refractivity contribution >= 4 is 52.8 Å². The Kier molecular flexibility index (Phi) is 19.8. The minimum atomic E-state index is 0.135. The fourth-order valence-electron chi connectivity index (χ4n) is 12.4. The molecule has 0 fully saturated rings. The van der Waals surface area contributed by atoms with Gasteiger partial charge < -0.3 is 0 Å². The van der Waals surface area contributed by atoms with Crippen LogP contribution in [0.4, 0.5) is 0 Å². The predicted octanol–water partition coefficient (Wildman–Crippen LogP) is 22.6. The first-order valence-corrected chi connectivity index (χ1v) is 30.5. The summed E-state index contributed by atoms with van der Waals surface area (Å²) in [5, 5.41) is 0. The van der Waals surface area contributed by atoms with Crippen LogP contribution in [0.2, 0.25) is 0 Å². The first-order valence-electron chi connectivity index (χ1n) is 28.0. The molecule has 6 aromatic rings. The lowest BCUT2D eigenvalue weighted by atomic mass is 9.68. The fraction of sp³-hybridized carbons (Fsp3) is 0.594. The van der Waals surface area contributed by atoms with Crippen molar-refractivity contribution in [1.82, 2.24) is 0 Å². The molecule has 67 heavy (non-hydrogen) atoms. The maximum atomic E-state index is 2.81. The molecule has 0 saturated heterocycles. The van der Waals surface area contributed by atoms with Gasteiger partial charge >= 0.3 is 0 Å². The van der Waals surface area contributed by atoms with Crippen molar-refractivity contribution in [3.8, 4) is 22.3 Å². The van der Waals surface area contributed by atoms with E-state index in [-0.39, 0.29) is 10.8 Å². The van der Waals surface area contributed by atoms with Gasteiger partial charge in [-0.25, -0.2) is 0 Å². The number of hydrogen-bond acceptors (Lipinski definition) is 3. The molecule has 0 amide bonds. The van der Waals surface area contributed by atoms with E-state index < -0.39 is 0 Å². The molecule has 0 aliphatic heterocycles. The van der Waals surface area contributed by atoms with E-state index in [1.807, 2.05) is 34.0 Å². The number of thiophene rings is 3. The summed E-state index contributed by atoms with van der Waals surface area (Å²) in [4.78, 5) is 2.85. The molecule has 364 valence electrons. The van der Waals surface area contributed by atoms with Crippen LogP contribution < -0.4 is 0 Å². The number of benzene rings is 3. The van der Waals surface area contributed by atoms with Crippen LogP contribution in [-0.2, 0) is 10.8 Å². The van der Waals surface area contributed by atoms with Gasteiger partial charge in [0.1, 0.15) is 0 Å². The van der Waals surface area contributed by atoms with Gasteiger partial charge in [-0.3, -0.25) is 0 Å². The first-order chi connectivity index (χ1) is 32.7. The molecular weight excluding hydrogens is 865 g/mol. The molecule has 0 N–H and O–H groups in total. The zero-order valence-electron chi connectivity index (χ0n) is 43.8. The van der Waals surface area contributed by atoms with E-state index in [2.05, 4.69) is 116 Å². The highest BCUT2D eigenvalue weighted by Crippen LogP contribution is 2.61. The molecule has 2 aliphatic carbocycles. The molecule has 3 aromatic heterocycles. The van der Waals surface area contributed by atoms with Crippen LogP contribution in [0.25, 0.3) is 41.1 Å². The van der Waals surface area contributed by atoms with Crippen LogP contribution in [-0.4, -0.2) is 0 Å². The number of rotatable bonds is 28.